The Balaban J connectivity index is 2.18. The van der Waals surface area contributed by atoms with Crippen LogP contribution in [0.2, 0.25) is 0 Å². The van der Waals surface area contributed by atoms with Crippen LogP contribution in [0.25, 0.3) is 17.1 Å². The number of para-hydroxylation sites is 1. The molecule has 0 unspecified atom stereocenters. The van der Waals surface area contributed by atoms with Gasteiger partial charge in [0.1, 0.15) is 5.82 Å². The van der Waals surface area contributed by atoms with Crippen LogP contribution in [0.5, 0.6) is 0 Å². The van der Waals surface area contributed by atoms with Gasteiger partial charge in [-0.05, 0) is 32.0 Å². The molecule has 0 saturated heterocycles. The molecular weight excluding hydrogens is 222 g/mol. The molecule has 3 aromatic rings. The number of aromatic nitrogens is 3. The number of hydrogen-bond acceptors (Lipinski definition) is 1. The number of nitrogens with one attached hydrogen (secondary N) is 1. The van der Waals surface area contributed by atoms with E-state index in [2.05, 4.69) is 58.7 Å². The maximum absolute atomic E-state index is 4.33. The van der Waals surface area contributed by atoms with E-state index in [0.29, 0.717) is 0 Å². The number of benzene rings is 1. The first-order chi connectivity index (χ1) is 8.77. The topological polar surface area (TPSA) is 33.6 Å². The van der Waals surface area contributed by atoms with Gasteiger partial charge >= 0.3 is 0 Å². The van der Waals surface area contributed by atoms with Gasteiger partial charge in [-0.25, -0.2) is 4.98 Å². The molecule has 3 rings (SSSR count). The number of nitrogens with zero attached hydrogens (tertiary/aromatic N) is 2. The molecule has 3 heteroatoms. The van der Waals surface area contributed by atoms with Crippen molar-refractivity contribution in [2.45, 2.75) is 13.8 Å². The fourth-order valence-electron chi connectivity index (χ4n) is 2.39. The lowest BCUT2D eigenvalue weighted by atomic mass is 10.2. The lowest BCUT2D eigenvalue weighted by Crippen LogP contribution is -1.98. The van der Waals surface area contributed by atoms with Crippen molar-refractivity contribution in [2.75, 3.05) is 0 Å². The van der Waals surface area contributed by atoms with E-state index in [-0.39, 0.29) is 0 Å². The molecule has 0 amide bonds. The molecule has 0 radical (unpaired) electrons. The van der Waals surface area contributed by atoms with E-state index in [1.807, 2.05) is 12.3 Å². The molecule has 2 heterocycles. The molecule has 0 aliphatic rings. The average molecular weight is 237 g/mol. The van der Waals surface area contributed by atoms with Crippen LogP contribution in [0, 0.1) is 13.8 Å². The van der Waals surface area contributed by atoms with Crippen molar-refractivity contribution in [1.82, 2.24) is 14.5 Å². The van der Waals surface area contributed by atoms with Gasteiger partial charge in [0.25, 0.3) is 0 Å². The number of hydrogen-bond donors (Lipinski definition) is 1. The fraction of sp³-hybridized carbons (Fsp3) is 0.133. The van der Waals surface area contributed by atoms with Gasteiger partial charge in [0.2, 0.25) is 0 Å². The van der Waals surface area contributed by atoms with Crippen molar-refractivity contribution >= 4 is 0 Å². The Hall–Kier alpha value is -2.29. The fourth-order valence-corrected chi connectivity index (χ4v) is 2.39. The van der Waals surface area contributed by atoms with E-state index in [1.165, 1.54) is 17.1 Å². The smallest absolute Gasteiger partial charge is 0.139 e. The zero-order valence-corrected chi connectivity index (χ0v) is 10.5. The molecule has 3 nitrogen and oxygen atoms in total. The molecule has 0 saturated carbocycles. The first-order valence-electron chi connectivity index (χ1n) is 6.01. The van der Waals surface area contributed by atoms with Crippen LogP contribution in [0.15, 0.2) is 48.8 Å². The summed E-state index contributed by atoms with van der Waals surface area (Å²) in [4.78, 5) is 7.49. The molecule has 0 bridgehead atoms. The number of rotatable bonds is 2. The van der Waals surface area contributed by atoms with E-state index in [4.69, 9.17) is 0 Å². The Morgan fingerprint density at radius 1 is 1.11 bits per heavy atom. The lowest BCUT2D eigenvalue weighted by molar-refractivity contribution is 0.965. The number of aryl methyl sites for hydroxylation is 1. The second kappa shape index (κ2) is 4.18. The molecule has 0 aliphatic heterocycles. The van der Waals surface area contributed by atoms with Crippen molar-refractivity contribution in [2.24, 2.45) is 0 Å². The number of imidazole rings is 1. The Labute approximate surface area is 106 Å². The third kappa shape index (κ3) is 1.64. The van der Waals surface area contributed by atoms with Crippen molar-refractivity contribution in [3.63, 3.8) is 0 Å². The molecule has 18 heavy (non-hydrogen) atoms. The zero-order valence-electron chi connectivity index (χ0n) is 10.5. The van der Waals surface area contributed by atoms with Crippen LogP contribution in [0.1, 0.15) is 11.4 Å². The SMILES string of the molecule is Cc1cc(-c2ncc[nH]2)c(C)n1-c1ccccc1. The largest absolute Gasteiger partial charge is 0.345 e. The standard InChI is InChI=1S/C15H15N3/c1-11-10-14(15-16-8-9-17-15)12(2)18(11)13-6-4-3-5-7-13/h3-10H,1-2H3,(H,16,17). The van der Waals surface area contributed by atoms with Gasteiger partial charge in [0, 0.05) is 35.0 Å². The second-order valence-electron chi connectivity index (χ2n) is 4.39. The summed E-state index contributed by atoms with van der Waals surface area (Å²) >= 11 is 0. The van der Waals surface area contributed by atoms with Crippen molar-refractivity contribution in [3.05, 3.63) is 60.2 Å². The minimum Gasteiger partial charge on any atom is -0.345 e. The van der Waals surface area contributed by atoms with Gasteiger partial charge in [-0.3, -0.25) is 0 Å². The molecule has 1 N–H and O–H groups in total. The molecule has 0 atom stereocenters. The van der Waals surface area contributed by atoms with Gasteiger partial charge in [0.15, 0.2) is 0 Å². The first-order valence-corrected chi connectivity index (χ1v) is 6.01. The van der Waals surface area contributed by atoms with E-state index in [9.17, 15) is 0 Å². The number of H-pyrrole nitrogens is 1. The zero-order chi connectivity index (χ0) is 12.5. The highest BCUT2D eigenvalue weighted by Crippen LogP contribution is 2.26. The summed E-state index contributed by atoms with van der Waals surface area (Å²) in [7, 11) is 0. The molecule has 90 valence electrons. The van der Waals surface area contributed by atoms with Crippen molar-refractivity contribution in [1.29, 1.82) is 0 Å². The van der Waals surface area contributed by atoms with Gasteiger partial charge in [-0.1, -0.05) is 18.2 Å². The Morgan fingerprint density at radius 2 is 1.89 bits per heavy atom. The third-order valence-corrected chi connectivity index (χ3v) is 3.20. The van der Waals surface area contributed by atoms with E-state index in [0.717, 1.165) is 11.4 Å². The van der Waals surface area contributed by atoms with Crippen LogP contribution < -0.4 is 0 Å². The van der Waals surface area contributed by atoms with Crippen LogP contribution in [0.4, 0.5) is 0 Å². The molecule has 2 aromatic heterocycles. The van der Waals surface area contributed by atoms with Crippen molar-refractivity contribution < 1.29 is 0 Å². The number of aromatic amines is 1. The summed E-state index contributed by atoms with van der Waals surface area (Å²) in [6, 6.07) is 12.5. The van der Waals surface area contributed by atoms with Crippen LogP contribution in [-0.2, 0) is 0 Å². The minimum atomic E-state index is 0.922. The summed E-state index contributed by atoms with van der Waals surface area (Å²) in [6.07, 6.45) is 3.63. The van der Waals surface area contributed by atoms with Gasteiger partial charge in [-0.15, -0.1) is 0 Å². The predicted octanol–water partition coefficient (Wildman–Crippen LogP) is 3.48. The molecule has 0 fully saturated rings. The van der Waals surface area contributed by atoms with Gasteiger partial charge < -0.3 is 9.55 Å². The lowest BCUT2D eigenvalue weighted by Gasteiger charge is -2.09. The monoisotopic (exact) mass is 237 g/mol. The molecule has 0 aliphatic carbocycles. The van der Waals surface area contributed by atoms with E-state index in [1.54, 1.807) is 6.20 Å². The summed E-state index contributed by atoms with van der Waals surface area (Å²) in [6.45, 7) is 4.24. The predicted molar refractivity (Wildman–Crippen MR) is 72.8 cm³/mol. The van der Waals surface area contributed by atoms with Crippen LogP contribution in [0.3, 0.4) is 0 Å². The van der Waals surface area contributed by atoms with E-state index >= 15 is 0 Å². The second-order valence-corrected chi connectivity index (χ2v) is 4.39. The highest BCUT2D eigenvalue weighted by molar-refractivity contribution is 5.62. The maximum atomic E-state index is 4.33. The summed E-state index contributed by atoms with van der Waals surface area (Å²) < 4.78 is 2.25. The van der Waals surface area contributed by atoms with Crippen molar-refractivity contribution in [3.8, 4) is 17.1 Å². The average Bonchev–Trinajstić information content (AvgIpc) is 2.99. The highest BCUT2D eigenvalue weighted by Gasteiger charge is 2.13. The molecule has 0 spiro atoms. The normalized spacial score (nSPS) is 10.8. The van der Waals surface area contributed by atoms with Crippen LogP contribution in [-0.4, -0.2) is 14.5 Å². The summed E-state index contributed by atoms with van der Waals surface area (Å²) in [5.74, 6) is 0.922. The third-order valence-electron chi connectivity index (χ3n) is 3.20. The van der Waals surface area contributed by atoms with Gasteiger partial charge in [0.05, 0.1) is 0 Å². The Bertz CT molecular complexity index is 649. The first kappa shape index (κ1) is 10.8. The minimum absolute atomic E-state index is 0.922. The summed E-state index contributed by atoms with van der Waals surface area (Å²) in [5, 5.41) is 0. The molecule has 1 aromatic carbocycles. The van der Waals surface area contributed by atoms with Crippen LogP contribution >= 0.6 is 0 Å². The highest BCUT2D eigenvalue weighted by atomic mass is 15.0. The summed E-state index contributed by atoms with van der Waals surface area (Å²) in [5.41, 5.74) is 4.76. The Kier molecular flexibility index (Phi) is 2.52. The molecular formula is C15H15N3. The quantitative estimate of drug-likeness (QED) is 0.727. The maximum Gasteiger partial charge on any atom is 0.139 e. The van der Waals surface area contributed by atoms with E-state index < -0.39 is 0 Å². The Morgan fingerprint density at radius 3 is 2.56 bits per heavy atom. The van der Waals surface area contributed by atoms with Gasteiger partial charge in [-0.2, -0.15) is 0 Å².